The zero-order valence-corrected chi connectivity index (χ0v) is 14.0. The maximum absolute atomic E-state index is 12.5. The van der Waals surface area contributed by atoms with Crippen molar-refractivity contribution in [3.05, 3.63) is 86.0 Å². The summed E-state index contributed by atoms with van der Waals surface area (Å²) in [6, 6.07) is 6.65. The third-order valence-electron chi connectivity index (χ3n) is 3.35. The molecule has 0 aliphatic heterocycles. The minimum absolute atomic E-state index is 0.122. The van der Waals surface area contributed by atoms with Crippen LogP contribution in [0, 0.1) is 0 Å². The van der Waals surface area contributed by atoms with Crippen LogP contribution in [0.1, 0.15) is 20.7 Å². The SMILES string of the molecule is C=CCN(CC=C)C(=O)c1ccc(C(=O)N(CC=C)CC=C)cc1. The van der Waals surface area contributed by atoms with Gasteiger partial charge in [-0.3, -0.25) is 9.59 Å². The molecule has 1 aromatic carbocycles. The number of rotatable bonds is 10. The largest absolute Gasteiger partial charge is 0.331 e. The maximum Gasteiger partial charge on any atom is 0.254 e. The Balaban J connectivity index is 2.94. The Kier molecular flexibility index (Phi) is 7.99. The van der Waals surface area contributed by atoms with Gasteiger partial charge in [-0.05, 0) is 24.3 Å². The van der Waals surface area contributed by atoms with Crippen molar-refractivity contribution >= 4 is 11.8 Å². The Labute approximate surface area is 144 Å². The molecule has 0 saturated carbocycles. The number of amides is 2. The van der Waals surface area contributed by atoms with Crippen molar-refractivity contribution in [2.75, 3.05) is 26.2 Å². The first-order valence-electron chi connectivity index (χ1n) is 7.71. The Morgan fingerprint density at radius 2 is 0.917 bits per heavy atom. The lowest BCUT2D eigenvalue weighted by Gasteiger charge is -2.21. The minimum Gasteiger partial charge on any atom is -0.331 e. The van der Waals surface area contributed by atoms with Crippen LogP contribution in [-0.2, 0) is 0 Å². The summed E-state index contributed by atoms with van der Waals surface area (Å²) in [7, 11) is 0. The first-order valence-corrected chi connectivity index (χ1v) is 7.71. The summed E-state index contributed by atoms with van der Waals surface area (Å²) in [5, 5.41) is 0. The molecule has 4 heteroatoms. The predicted molar refractivity (Wildman–Crippen MR) is 99.0 cm³/mol. The van der Waals surface area contributed by atoms with Crippen LogP contribution < -0.4 is 0 Å². The van der Waals surface area contributed by atoms with Crippen LogP contribution in [0.3, 0.4) is 0 Å². The third kappa shape index (κ3) is 5.09. The molecule has 0 aliphatic carbocycles. The van der Waals surface area contributed by atoms with E-state index >= 15 is 0 Å². The van der Waals surface area contributed by atoms with Crippen molar-refractivity contribution in [3.8, 4) is 0 Å². The molecule has 0 atom stereocenters. The summed E-state index contributed by atoms with van der Waals surface area (Å²) in [5.41, 5.74) is 1.04. The highest BCUT2D eigenvalue weighted by Crippen LogP contribution is 2.11. The molecule has 0 saturated heterocycles. The molecule has 0 heterocycles. The van der Waals surface area contributed by atoms with E-state index in [0.717, 1.165) is 0 Å². The zero-order chi connectivity index (χ0) is 17.9. The quantitative estimate of drug-likeness (QED) is 0.620. The van der Waals surface area contributed by atoms with Crippen LogP contribution in [0.15, 0.2) is 74.9 Å². The van der Waals surface area contributed by atoms with Crippen LogP contribution >= 0.6 is 0 Å². The van der Waals surface area contributed by atoms with E-state index in [2.05, 4.69) is 26.3 Å². The van der Waals surface area contributed by atoms with Crippen molar-refractivity contribution < 1.29 is 9.59 Å². The second kappa shape index (κ2) is 10.0. The molecule has 4 nitrogen and oxygen atoms in total. The van der Waals surface area contributed by atoms with Gasteiger partial charge in [-0.25, -0.2) is 0 Å². The number of benzene rings is 1. The lowest BCUT2D eigenvalue weighted by Crippen LogP contribution is -2.32. The highest BCUT2D eigenvalue weighted by molar-refractivity contribution is 5.98. The molecule has 0 aromatic heterocycles. The maximum atomic E-state index is 12.5. The molecule has 24 heavy (non-hydrogen) atoms. The topological polar surface area (TPSA) is 40.6 Å². The first kappa shape index (κ1) is 19.2. The van der Waals surface area contributed by atoms with Crippen LogP contribution in [0.4, 0.5) is 0 Å². The van der Waals surface area contributed by atoms with Gasteiger partial charge < -0.3 is 9.80 Å². The van der Waals surface area contributed by atoms with Gasteiger partial charge in [-0.1, -0.05) is 24.3 Å². The molecule has 0 aliphatic rings. The Hall–Kier alpha value is -2.88. The van der Waals surface area contributed by atoms with Crippen molar-refractivity contribution in [3.63, 3.8) is 0 Å². The van der Waals surface area contributed by atoms with Crippen molar-refractivity contribution in [2.45, 2.75) is 0 Å². The smallest absolute Gasteiger partial charge is 0.254 e. The summed E-state index contributed by atoms with van der Waals surface area (Å²) < 4.78 is 0. The minimum atomic E-state index is -0.122. The lowest BCUT2D eigenvalue weighted by atomic mass is 10.1. The van der Waals surface area contributed by atoms with E-state index in [1.165, 1.54) is 0 Å². The molecule has 0 unspecified atom stereocenters. The summed E-state index contributed by atoms with van der Waals surface area (Å²) in [6.07, 6.45) is 6.67. The fourth-order valence-electron chi connectivity index (χ4n) is 2.22. The molecule has 1 aromatic rings. The number of hydrogen-bond acceptors (Lipinski definition) is 2. The monoisotopic (exact) mass is 324 g/mol. The fourth-order valence-corrected chi connectivity index (χ4v) is 2.22. The second-order valence-corrected chi connectivity index (χ2v) is 5.15. The fraction of sp³-hybridized carbons (Fsp3) is 0.200. The van der Waals surface area contributed by atoms with E-state index < -0.39 is 0 Å². The molecular weight excluding hydrogens is 300 g/mol. The zero-order valence-electron chi connectivity index (χ0n) is 14.0. The van der Waals surface area contributed by atoms with E-state index in [4.69, 9.17) is 0 Å². The standard InChI is InChI=1S/C20H24N2O2/c1-5-13-21(14-6-2)19(23)17-9-11-18(12-10-17)20(24)22(15-7-3)16-8-4/h5-12H,1-4,13-16H2. The average molecular weight is 324 g/mol. The van der Waals surface area contributed by atoms with E-state index in [0.29, 0.717) is 37.3 Å². The summed E-state index contributed by atoms with van der Waals surface area (Å²) in [6.45, 7) is 16.4. The Morgan fingerprint density at radius 3 is 1.12 bits per heavy atom. The van der Waals surface area contributed by atoms with Gasteiger partial charge in [0, 0.05) is 37.3 Å². The van der Waals surface area contributed by atoms with Crippen molar-refractivity contribution in [1.82, 2.24) is 9.80 Å². The average Bonchev–Trinajstić information content (AvgIpc) is 2.60. The highest BCUT2D eigenvalue weighted by atomic mass is 16.2. The molecule has 0 N–H and O–H groups in total. The molecule has 0 fully saturated rings. The molecule has 0 spiro atoms. The van der Waals surface area contributed by atoms with E-state index in [1.54, 1.807) is 58.4 Å². The lowest BCUT2D eigenvalue weighted by molar-refractivity contribution is 0.0779. The van der Waals surface area contributed by atoms with Gasteiger partial charge in [-0.15, -0.1) is 26.3 Å². The summed E-state index contributed by atoms with van der Waals surface area (Å²) in [5.74, 6) is -0.245. The number of hydrogen-bond donors (Lipinski definition) is 0. The molecule has 2 amide bonds. The molecule has 126 valence electrons. The van der Waals surface area contributed by atoms with Gasteiger partial charge in [0.1, 0.15) is 0 Å². The Bertz CT molecular complexity index is 542. The summed E-state index contributed by atoms with van der Waals surface area (Å²) in [4.78, 5) is 28.2. The van der Waals surface area contributed by atoms with Crippen LogP contribution in [-0.4, -0.2) is 47.8 Å². The van der Waals surface area contributed by atoms with Gasteiger partial charge in [-0.2, -0.15) is 0 Å². The number of nitrogens with zero attached hydrogens (tertiary/aromatic N) is 2. The van der Waals surface area contributed by atoms with Crippen molar-refractivity contribution in [1.29, 1.82) is 0 Å². The highest BCUT2D eigenvalue weighted by Gasteiger charge is 2.16. The molecule has 0 radical (unpaired) electrons. The number of carbonyl (C=O) groups is 2. The molecule has 1 rings (SSSR count). The van der Waals surface area contributed by atoms with Crippen LogP contribution in [0.5, 0.6) is 0 Å². The first-order chi connectivity index (χ1) is 11.6. The normalized spacial score (nSPS) is 9.67. The Morgan fingerprint density at radius 1 is 0.667 bits per heavy atom. The van der Waals surface area contributed by atoms with Gasteiger partial charge >= 0.3 is 0 Å². The van der Waals surface area contributed by atoms with Gasteiger partial charge in [0.25, 0.3) is 11.8 Å². The summed E-state index contributed by atoms with van der Waals surface area (Å²) >= 11 is 0. The van der Waals surface area contributed by atoms with Gasteiger partial charge in [0.05, 0.1) is 0 Å². The molecule has 0 bridgehead atoms. The van der Waals surface area contributed by atoms with Gasteiger partial charge in [0.2, 0.25) is 0 Å². The molecular formula is C20H24N2O2. The van der Waals surface area contributed by atoms with Crippen LogP contribution in [0.2, 0.25) is 0 Å². The van der Waals surface area contributed by atoms with E-state index in [1.807, 2.05) is 0 Å². The third-order valence-corrected chi connectivity index (χ3v) is 3.35. The van der Waals surface area contributed by atoms with E-state index in [9.17, 15) is 9.59 Å². The number of carbonyl (C=O) groups excluding carboxylic acids is 2. The predicted octanol–water partition coefficient (Wildman–Crippen LogP) is 3.32. The van der Waals surface area contributed by atoms with Crippen molar-refractivity contribution in [2.24, 2.45) is 0 Å². The van der Waals surface area contributed by atoms with Gasteiger partial charge in [0.15, 0.2) is 0 Å². The van der Waals surface area contributed by atoms with E-state index in [-0.39, 0.29) is 11.8 Å². The second-order valence-electron chi connectivity index (χ2n) is 5.15. The van der Waals surface area contributed by atoms with Crippen LogP contribution in [0.25, 0.3) is 0 Å².